The second-order valence-electron chi connectivity index (χ2n) is 4.02. The summed E-state index contributed by atoms with van der Waals surface area (Å²) in [5.74, 6) is 0.137. The van der Waals surface area contributed by atoms with Crippen molar-refractivity contribution in [3.8, 4) is 5.75 Å². The molecule has 0 spiro atoms. The van der Waals surface area contributed by atoms with Crippen molar-refractivity contribution in [1.29, 1.82) is 0 Å². The van der Waals surface area contributed by atoms with Gasteiger partial charge in [0, 0.05) is 6.42 Å². The van der Waals surface area contributed by atoms with E-state index in [1.165, 1.54) is 0 Å². The van der Waals surface area contributed by atoms with Crippen LogP contribution in [-0.4, -0.2) is 17.7 Å². The molecule has 3 nitrogen and oxygen atoms in total. The van der Waals surface area contributed by atoms with Crippen LogP contribution < -0.4 is 0 Å². The molecule has 0 bridgehead atoms. The molecular formula is C14H20O3. The van der Waals surface area contributed by atoms with E-state index in [0.717, 1.165) is 24.0 Å². The van der Waals surface area contributed by atoms with E-state index in [-0.39, 0.29) is 5.97 Å². The Morgan fingerprint density at radius 2 is 2.06 bits per heavy atom. The van der Waals surface area contributed by atoms with Crippen molar-refractivity contribution in [2.45, 2.75) is 39.5 Å². The molecule has 0 amide bonds. The molecule has 0 aliphatic heterocycles. The van der Waals surface area contributed by atoms with E-state index >= 15 is 0 Å². The third kappa shape index (κ3) is 4.47. The number of phenolic OH excluding ortho intramolecular Hbond substituents is 1. The molecule has 1 rings (SSSR count). The fourth-order valence-electron chi connectivity index (χ4n) is 1.73. The summed E-state index contributed by atoms with van der Waals surface area (Å²) >= 11 is 0. The molecule has 0 heterocycles. The highest BCUT2D eigenvalue weighted by molar-refractivity contribution is 5.69. The van der Waals surface area contributed by atoms with Crippen LogP contribution in [0, 0.1) is 0 Å². The molecule has 0 aromatic heterocycles. The summed E-state index contributed by atoms with van der Waals surface area (Å²) in [6.07, 6.45) is 2.86. The van der Waals surface area contributed by atoms with Gasteiger partial charge in [-0.15, -0.1) is 0 Å². The van der Waals surface area contributed by atoms with E-state index in [9.17, 15) is 9.90 Å². The number of ether oxygens (including phenoxy) is 1. The van der Waals surface area contributed by atoms with Gasteiger partial charge in [0.25, 0.3) is 0 Å². The van der Waals surface area contributed by atoms with Gasteiger partial charge >= 0.3 is 5.97 Å². The van der Waals surface area contributed by atoms with Gasteiger partial charge in [0.1, 0.15) is 5.75 Å². The fraction of sp³-hybridized carbons (Fsp3) is 0.500. The smallest absolute Gasteiger partial charge is 0.306 e. The van der Waals surface area contributed by atoms with Gasteiger partial charge in [-0.2, -0.15) is 0 Å². The predicted molar refractivity (Wildman–Crippen MR) is 67.1 cm³/mol. The molecule has 0 fully saturated rings. The van der Waals surface area contributed by atoms with Gasteiger partial charge in [-0.25, -0.2) is 0 Å². The second kappa shape index (κ2) is 6.94. The Hall–Kier alpha value is -1.51. The lowest BCUT2D eigenvalue weighted by Gasteiger charge is -2.06. The number of carbonyl (C=O) groups excluding carboxylic acids is 1. The lowest BCUT2D eigenvalue weighted by molar-refractivity contribution is -0.143. The lowest BCUT2D eigenvalue weighted by Crippen LogP contribution is -2.05. The van der Waals surface area contributed by atoms with Crippen molar-refractivity contribution < 1.29 is 14.6 Å². The van der Waals surface area contributed by atoms with Gasteiger partial charge in [-0.3, -0.25) is 4.79 Å². The Morgan fingerprint density at radius 1 is 1.29 bits per heavy atom. The minimum absolute atomic E-state index is 0.190. The van der Waals surface area contributed by atoms with Crippen LogP contribution in [0.1, 0.15) is 37.8 Å². The first-order chi connectivity index (χ1) is 8.17. The number of hydrogen-bond donors (Lipinski definition) is 1. The molecule has 94 valence electrons. The summed E-state index contributed by atoms with van der Waals surface area (Å²) in [5, 5.41) is 9.77. The maximum atomic E-state index is 11.2. The Labute approximate surface area is 102 Å². The zero-order valence-corrected chi connectivity index (χ0v) is 10.5. The number of benzene rings is 1. The van der Waals surface area contributed by atoms with E-state index in [1.807, 2.05) is 12.1 Å². The molecule has 0 radical (unpaired) electrons. The summed E-state index contributed by atoms with van der Waals surface area (Å²) in [6.45, 7) is 4.29. The number of phenols is 1. The normalized spacial score (nSPS) is 10.2. The minimum Gasteiger partial charge on any atom is -0.508 e. The molecular weight excluding hydrogens is 216 g/mol. The highest BCUT2D eigenvalue weighted by Crippen LogP contribution is 2.21. The van der Waals surface area contributed by atoms with E-state index < -0.39 is 0 Å². The number of hydrogen-bond acceptors (Lipinski definition) is 3. The average Bonchev–Trinajstić information content (AvgIpc) is 2.30. The third-order valence-corrected chi connectivity index (χ3v) is 2.59. The third-order valence-electron chi connectivity index (χ3n) is 2.59. The Balaban J connectivity index is 2.55. The first-order valence-electron chi connectivity index (χ1n) is 6.13. The second-order valence-corrected chi connectivity index (χ2v) is 4.02. The molecule has 0 aliphatic rings. The van der Waals surface area contributed by atoms with Gasteiger partial charge in [-0.1, -0.05) is 25.5 Å². The largest absolute Gasteiger partial charge is 0.508 e. The van der Waals surface area contributed by atoms with Gasteiger partial charge in [0.15, 0.2) is 0 Å². The molecule has 0 aliphatic carbocycles. The van der Waals surface area contributed by atoms with Gasteiger partial charge in [-0.05, 0) is 37.0 Å². The molecule has 1 aromatic rings. The molecule has 0 atom stereocenters. The lowest BCUT2D eigenvalue weighted by atomic mass is 10.0. The van der Waals surface area contributed by atoms with Crippen LogP contribution in [0.3, 0.4) is 0 Å². The van der Waals surface area contributed by atoms with Crippen LogP contribution in [0.4, 0.5) is 0 Å². The summed E-state index contributed by atoms with van der Waals surface area (Å²) in [4.78, 5) is 11.2. The standard InChI is InChI=1S/C14H20O3/c1-3-5-12-8-6-11(10-13(12)15)7-9-14(16)17-4-2/h6,8,10,15H,3-5,7,9H2,1-2H3. The maximum absolute atomic E-state index is 11.2. The molecule has 0 saturated heterocycles. The van der Waals surface area contributed by atoms with Gasteiger partial charge in [0.05, 0.1) is 6.61 Å². The molecule has 0 unspecified atom stereocenters. The van der Waals surface area contributed by atoms with Crippen LogP contribution in [0.15, 0.2) is 18.2 Å². The molecule has 1 aromatic carbocycles. The van der Waals surface area contributed by atoms with Crippen LogP contribution >= 0.6 is 0 Å². The van der Waals surface area contributed by atoms with Crippen molar-refractivity contribution >= 4 is 5.97 Å². The van der Waals surface area contributed by atoms with Crippen molar-refractivity contribution in [3.63, 3.8) is 0 Å². The average molecular weight is 236 g/mol. The first kappa shape index (κ1) is 13.6. The molecule has 3 heteroatoms. The maximum Gasteiger partial charge on any atom is 0.306 e. The van der Waals surface area contributed by atoms with E-state index in [1.54, 1.807) is 13.0 Å². The Bertz CT molecular complexity index is 372. The zero-order chi connectivity index (χ0) is 12.7. The minimum atomic E-state index is -0.190. The van der Waals surface area contributed by atoms with E-state index in [2.05, 4.69) is 6.92 Å². The van der Waals surface area contributed by atoms with Crippen LogP contribution in [0.25, 0.3) is 0 Å². The molecule has 1 N–H and O–H groups in total. The van der Waals surface area contributed by atoms with Crippen LogP contribution in [-0.2, 0) is 22.4 Å². The van der Waals surface area contributed by atoms with Crippen LogP contribution in [0.5, 0.6) is 5.75 Å². The van der Waals surface area contributed by atoms with Crippen molar-refractivity contribution in [1.82, 2.24) is 0 Å². The highest BCUT2D eigenvalue weighted by Gasteiger charge is 2.05. The Kier molecular flexibility index (Phi) is 5.53. The Morgan fingerprint density at radius 3 is 2.65 bits per heavy atom. The highest BCUT2D eigenvalue weighted by atomic mass is 16.5. The summed E-state index contributed by atoms with van der Waals surface area (Å²) in [5.41, 5.74) is 1.93. The summed E-state index contributed by atoms with van der Waals surface area (Å²) in [7, 11) is 0. The number of esters is 1. The van der Waals surface area contributed by atoms with Crippen molar-refractivity contribution in [2.24, 2.45) is 0 Å². The quantitative estimate of drug-likeness (QED) is 0.772. The van der Waals surface area contributed by atoms with Crippen LogP contribution in [0.2, 0.25) is 0 Å². The van der Waals surface area contributed by atoms with E-state index in [0.29, 0.717) is 25.2 Å². The summed E-state index contributed by atoms with van der Waals surface area (Å²) < 4.78 is 4.85. The summed E-state index contributed by atoms with van der Waals surface area (Å²) in [6, 6.07) is 5.63. The molecule has 0 saturated carbocycles. The first-order valence-corrected chi connectivity index (χ1v) is 6.13. The molecule has 17 heavy (non-hydrogen) atoms. The van der Waals surface area contributed by atoms with E-state index in [4.69, 9.17) is 4.74 Å². The van der Waals surface area contributed by atoms with Crippen molar-refractivity contribution in [3.05, 3.63) is 29.3 Å². The number of rotatable bonds is 6. The number of aryl methyl sites for hydroxylation is 2. The monoisotopic (exact) mass is 236 g/mol. The SMILES string of the molecule is CCCc1ccc(CCC(=O)OCC)cc1O. The number of carbonyl (C=O) groups is 1. The van der Waals surface area contributed by atoms with Crippen molar-refractivity contribution in [2.75, 3.05) is 6.61 Å². The van der Waals surface area contributed by atoms with Gasteiger partial charge < -0.3 is 9.84 Å². The zero-order valence-electron chi connectivity index (χ0n) is 10.5. The predicted octanol–water partition coefficient (Wildman–Crippen LogP) is 2.84. The van der Waals surface area contributed by atoms with Gasteiger partial charge in [0.2, 0.25) is 0 Å². The number of aromatic hydroxyl groups is 1. The fourth-order valence-corrected chi connectivity index (χ4v) is 1.73. The topological polar surface area (TPSA) is 46.5 Å².